The fourth-order valence-electron chi connectivity index (χ4n) is 1.47. The van der Waals surface area contributed by atoms with Crippen molar-refractivity contribution in [3.05, 3.63) is 65.6 Å². The van der Waals surface area contributed by atoms with E-state index >= 15 is 0 Å². The summed E-state index contributed by atoms with van der Waals surface area (Å²) in [5.41, 5.74) is 3.46. The predicted molar refractivity (Wildman–Crippen MR) is 74.9 cm³/mol. The first-order chi connectivity index (χ1) is 9.25. The summed E-state index contributed by atoms with van der Waals surface area (Å²) >= 11 is 0. The Morgan fingerprint density at radius 3 is 2.68 bits per heavy atom. The van der Waals surface area contributed by atoms with Gasteiger partial charge in [-0.2, -0.15) is 5.10 Å². The van der Waals surface area contributed by atoms with Crippen molar-refractivity contribution < 1.29 is 9.21 Å². The van der Waals surface area contributed by atoms with Gasteiger partial charge < -0.3 is 4.42 Å². The first-order valence-electron chi connectivity index (χ1n) is 5.87. The zero-order valence-corrected chi connectivity index (χ0v) is 10.5. The Kier molecular flexibility index (Phi) is 4.29. The zero-order chi connectivity index (χ0) is 13.5. The molecule has 0 bridgehead atoms. The van der Waals surface area contributed by atoms with E-state index in [1.807, 2.05) is 36.4 Å². The highest BCUT2D eigenvalue weighted by molar-refractivity contribution is 5.92. The maximum Gasteiger partial charge on any atom is 0.307 e. The molecule has 96 valence electrons. The number of rotatable bonds is 4. The van der Waals surface area contributed by atoms with Crippen LogP contribution in [-0.4, -0.2) is 12.1 Å². The van der Waals surface area contributed by atoms with Crippen LogP contribution in [0.2, 0.25) is 0 Å². The lowest BCUT2D eigenvalue weighted by Crippen LogP contribution is -2.16. The number of hydrogen-bond acceptors (Lipinski definition) is 3. The van der Waals surface area contributed by atoms with Crippen LogP contribution in [-0.2, 0) is 0 Å². The standard InChI is InChI=1S/C15H14N2O2/c1-12-9-10-14(19-12)15(18)17-16-11-5-8-13-6-3-2-4-7-13/h2-11H,1H3,(H,17,18)/b8-5+,16-11-. The molecule has 0 aliphatic rings. The van der Waals surface area contributed by atoms with E-state index in [9.17, 15) is 4.79 Å². The van der Waals surface area contributed by atoms with Crippen molar-refractivity contribution >= 4 is 18.2 Å². The Bertz CT molecular complexity index is 598. The minimum Gasteiger partial charge on any atom is -0.456 e. The monoisotopic (exact) mass is 254 g/mol. The topological polar surface area (TPSA) is 54.6 Å². The van der Waals surface area contributed by atoms with E-state index in [2.05, 4.69) is 10.5 Å². The lowest BCUT2D eigenvalue weighted by Gasteiger charge is -1.93. The van der Waals surface area contributed by atoms with Gasteiger partial charge in [-0.25, -0.2) is 5.43 Å². The van der Waals surface area contributed by atoms with E-state index in [1.54, 1.807) is 25.1 Å². The number of carbonyl (C=O) groups is 1. The number of benzene rings is 1. The molecule has 0 saturated carbocycles. The second kappa shape index (κ2) is 6.35. The summed E-state index contributed by atoms with van der Waals surface area (Å²) in [6.07, 6.45) is 5.16. The summed E-state index contributed by atoms with van der Waals surface area (Å²) in [6, 6.07) is 13.2. The first-order valence-corrected chi connectivity index (χ1v) is 5.87. The molecular formula is C15H14N2O2. The van der Waals surface area contributed by atoms with Gasteiger partial charge >= 0.3 is 5.91 Å². The van der Waals surface area contributed by atoms with Gasteiger partial charge in [-0.3, -0.25) is 4.79 Å². The van der Waals surface area contributed by atoms with Crippen molar-refractivity contribution in [1.82, 2.24) is 5.43 Å². The molecule has 0 unspecified atom stereocenters. The van der Waals surface area contributed by atoms with Gasteiger partial charge in [-0.15, -0.1) is 0 Å². The molecule has 19 heavy (non-hydrogen) atoms. The molecule has 2 aromatic rings. The molecule has 4 nitrogen and oxygen atoms in total. The molecule has 0 spiro atoms. The summed E-state index contributed by atoms with van der Waals surface area (Å²) < 4.78 is 5.17. The van der Waals surface area contributed by atoms with Crippen molar-refractivity contribution in [2.75, 3.05) is 0 Å². The lowest BCUT2D eigenvalue weighted by atomic mass is 10.2. The van der Waals surface area contributed by atoms with Gasteiger partial charge in [0.25, 0.3) is 0 Å². The summed E-state index contributed by atoms with van der Waals surface area (Å²) in [7, 11) is 0. The Morgan fingerprint density at radius 1 is 1.21 bits per heavy atom. The Labute approximate surface area is 111 Å². The third-order valence-corrected chi connectivity index (χ3v) is 2.38. The first kappa shape index (κ1) is 12.8. The highest BCUT2D eigenvalue weighted by atomic mass is 16.3. The molecule has 0 saturated heterocycles. The fraction of sp³-hybridized carbons (Fsp3) is 0.0667. The second-order valence-corrected chi connectivity index (χ2v) is 3.90. The van der Waals surface area contributed by atoms with Crippen LogP contribution in [0, 0.1) is 6.92 Å². The van der Waals surface area contributed by atoms with Gasteiger partial charge in [0, 0.05) is 6.21 Å². The molecule has 0 aliphatic carbocycles. The van der Waals surface area contributed by atoms with Crippen molar-refractivity contribution in [3.8, 4) is 0 Å². The average molecular weight is 254 g/mol. The molecular weight excluding hydrogens is 240 g/mol. The average Bonchev–Trinajstić information content (AvgIpc) is 2.86. The highest BCUT2D eigenvalue weighted by Gasteiger charge is 2.07. The molecule has 1 N–H and O–H groups in total. The highest BCUT2D eigenvalue weighted by Crippen LogP contribution is 2.05. The van der Waals surface area contributed by atoms with Crippen molar-refractivity contribution in [1.29, 1.82) is 0 Å². The smallest absolute Gasteiger partial charge is 0.307 e. The molecule has 1 aromatic carbocycles. The number of furan rings is 1. The quantitative estimate of drug-likeness (QED) is 0.673. The van der Waals surface area contributed by atoms with Crippen molar-refractivity contribution in [2.24, 2.45) is 5.10 Å². The minimum atomic E-state index is -0.363. The van der Waals surface area contributed by atoms with Crippen LogP contribution < -0.4 is 5.43 Å². The number of aryl methyl sites for hydroxylation is 1. The van der Waals surface area contributed by atoms with Gasteiger partial charge in [-0.05, 0) is 30.7 Å². The maximum atomic E-state index is 11.5. The number of nitrogens with zero attached hydrogens (tertiary/aromatic N) is 1. The van der Waals surface area contributed by atoms with Gasteiger partial charge in [0.1, 0.15) is 5.76 Å². The van der Waals surface area contributed by atoms with Gasteiger partial charge in [0.2, 0.25) is 0 Å². The number of carbonyl (C=O) groups excluding carboxylic acids is 1. The van der Waals surface area contributed by atoms with Gasteiger partial charge in [0.15, 0.2) is 5.76 Å². The van der Waals surface area contributed by atoms with E-state index in [0.29, 0.717) is 5.76 Å². The van der Waals surface area contributed by atoms with Crippen LogP contribution in [0.5, 0.6) is 0 Å². The second-order valence-electron chi connectivity index (χ2n) is 3.90. The Morgan fingerprint density at radius 2 is 2.00 bits per heavy atom. The molecule has 0 radical (unpaired) electrons. The molecule has 4 heteroatoms. The van der Waals surface area contributed by atoms with Gasteiger partial charge in [0.05, 0.1) is 0 Å². The van der Waals surface area contributed by atoms with E-state index in [0.717, 1.165) is 5.56 Å². The SMILES string of the molecule is Cc1ccc(C(=O)N/N=C\C=C\c2ccccc2)o1. The Hall–Kier alpha value is -2.62. The number of nitrogens with one attached hydrogen (secondary N) is 1. The van der Waals surface area contributed by atoms with Crippen LogP contribution in [0.3, 0.4) is 0 Å². The Balaban J connectivity index is 1.84. The number of amides is 1. The maximum absolute atomic E-state index is 11.5. The van der Waals surface area contributed by atoms with E-state index < -0.39 is 0 Å². The minimum absolute atomic E-state index is 0.252. The van der Waals surface area contributed by atoms with Gasteiger partial charge in [-0.1, -0.05) is 36.4 Å². The third-order valence-electron chi connectivity index (χ3n) is 2.38. The summed E-state index contributed by atoms with van der Waals surface area (Å²) in [5.74, 6) is 0.581. The molecule has 1 aromatic heterocycles. The predicted octanol–water partition coefficient (Wildman–Crippen LogP) is 3.02. The zero-order valence-electron chi connectivity index (χ0n) is 10.5. The van der Waals surface area contributed by atoms with Crippen LogP contribution in [0.25, 0.3) is 6.08 Å². The molecule has 2 rings (SSSR count). The summed E-state index contributed by atoms with van der Waals surface area (Å²) in [4.78, 5) is 11.5. The van der Waals surface area contributed by atoms with Crippen molar-refractivity contribution in [3.63, 3.8) is 0 Å². The van der Waals surface area contributed by atoms with E-state index in [4.69, 9.17) is 4.42 Å². The molecule has 0 atom stereocenters. The summed E-state index contributed by atoms with van der Waals surface area (Å²) in [5, 5.41) is 3.80. The normalized spacial score (nSPS) is 11.2. The van der Waals surface area contributed by atoms with E-state index in [-0.39, 0.29) is 11.7 Å². The van der Waals surface area contributed by atoms with E-state index in [1.165, 1.54) is 6.21 Å². The van der Waals surface area contributed by atoms with Crippen LogP contribution in [0.4, 0.5) is 0 Å². The third kappa shape index (κ3) is 3.96. The van der Waals surface area contributed by atoms with Crippen LogP contribution >= 0.6 is 0 Å². The number of allylic oxidation sites excluding steroid dienone is 1. The fourth-order valence-corrected chi connectivity index (χ4v) is 1.47. The molecule has 1 heterocycles. The lowest BCUT2D eigenvalue weighted by molar-refractivity contribution is 0.0926. The number of hydrogen-bond donors (Lipinski definition) is 1. The molecule has 0 fully saturated rings. The van der Waals surface area contributed by atoms with Crippen LogP contribution in [0.15, 0.2) is 58.1 Å². The van der Waals surface area contributed by atoms with Crippen LogP contribution in [0.1, 0.15) is 21.9 Å². The largest absolute Gasteiger partial charge is 0.456 e. The van der Waals surface area contributed by atoms with Crippen molar-refractivity contribution in [2.45, 2.75) is 6.92 Å². The number of hydrazone groups is 1. The summed E-state index contributed by atoms with van der Waals surface area (Å²) in [6.45, 7) is 1.78. The molecule has 1 amide bonds. The molecule has 0 aliphatic heterocycles.